The topological polar surface area (TPSA) is 43.6 Å². The average Bonchev–Trinajstić information content (AvgIpc) is 3.70. The van der Waals surface area contributed by atoms with E-state index in [9.17, 15) is 0 Å². The van der Waals surface area contributed by atoms with Gasteiger partial charge in [-0.1, -0.05) is 188 Å². The van der Waals surface area contributed by atoms with Crippen molar-refractivity contribution in [3.05, 3.63) is 231 Å². The summed E-state index contributed by atoms with van der Waals surface area (Å²) in [7, 11) is 0. The second kappa shape index (κ2) is 15.2. The number of nitrogens with zero attached hydrogens (tertiary/aromatic N) is 4. The highest BCUT2D eigenvalue weighted by atomic mass is 15.0. The minimum atomic E-state index is 0.696. The van der Waals surface area contributed by atoms with Gasteiger partial charge in [-0.3, -0.25) is 0 Å². The Morgan fingerprint density at radius 3 is 1.56 bits per heavy atom. The molecular weight excluding hydrogens is 765 g/mol. The molecule has 0 radical (unpaired) electrons. The minimum Gasteiger partial charge on any atom is -0.309 e. The number of hydrogen-bond acceptors (Lipinski definition) is 3. The Morgan fingerprint density at radius 1 is 0.302 bits per heavy atom. The predicted octanol–water partition coefficient (Wildman–Crippen LogP) is 15.3. The lowest BCUT2D eigenvalue weighted by molar-refractivity contribution is 1.18. The summed E-state index contributed by atoms with van der Waals surface area (Å²) in [5, 5.41) is 5.87. The number of pyridine rings is 1. The highest BCUT2D eigenvalue weighted by Crippen LogP contribution is 2.43. The fourth-order valence-electron chi connectivity index (χ4n) is 9.17. The Labute approximate surface area is 365 Å². The van der Waals surface area contributed by atoms with Crippen LogP contribution in [0.2, 0.25) is 0 Å². The molecular formula is C59H38N4. The van der Waals surface area contributed by atoms with Crippen LogP contribution in [0.25, 0.3) is 117 Å². The summed E-state index contributed by atoms with van der Waals surface area (Å²) in [6.07, 6.45) is 0. The summed E-state index contributed by atoms with van der Waals surface area (Å²) in [5.74, 6) is 0.696. The van der Waals surface area contributed by atoms with Crippen LogP contribution >= 0.6 is 0 Å². The molecule has 0 N–H and O–H groups in total. The third-order valence-corrected chi connectivity index (χ3v) is 12.2. The molecule has 9 aromatic carbocycles. The van der Waals surface area contributed by atoms with Crippen molar-refractivity contribution < 1.29 is 0 Å². The van der Waals surface area contributed by atoms with Gasteiger partial charge in [-0.15, -0.1) is 0 Å². The maximum absolute atomic E-state index is 5.27. The molecule has 4 nitrogen and oxygen atoms in total. The van der Waals surface area contributed by atoms with E-state index in [-0.39, 0.29) is 0 Å². The van der Waals surface area contributed by atoms with Crippen molar-refractivity contribution >= 4 is 43.5 Å². The molecule has 0 spiro atoms. The second-order valence-corrected chi connectivity index (χ2v) is 16.0. The van der Waals surface area contributed by atoms with Gasteiger partial charge in [-0.2, -0.15) is 0 Å². The van der Waals surface area contributed by atoms with Gasteiger partial charge in [0.2, 0.25) is 0 Å². The van der Waals surface area contributed by atoms with E-state index in [4.69, 9.17) is 15.0 Å². The zero-order chi connectivity index (χ0) is 41.7. The molecule has 0 fully saturated rings. The standard InChI is InChI=1S/C59H38N4/c1-5-17-41(18-6-1)54-38-55(42-19-7-2-8-20-42)62-59(61-54)45-24-15-23-44(35-45)39-31-33-40(34-32-39)47-28-16-29-49-51-36-52-50(37-56(51)63(58(47)49)46-25-11-4-12-26-46)48-27-13-14-30-53(48)60-57(52)43-21-9-3-10-22-43/h1-38H. The highest BCUT2D eigenvalue weighted by Gasteiger charge is 2.20. The van der Waals surface area contributed by atoms with Gasteiger partial charge in [0.1, 0.15) is 0 Å². The molecule has 0 aliphatic heterocycles. The minimum absolute atomic E-state index is 0.696. The van der Waals surface area contributed by atoms with Crippen molar-refractivity contribution in [3.63, 3.8) is 0 Å². The first-order valence-corrected chi connectivity index (χ1v) is 21.4. The highest BCUT2D eigenvalue weighted by molar-refractivity contribution is 6.21. The third kappa shape index (κ3) is 6.44. The van der Waals surface area contributed by atoms with Crippen molar-refractivity contribution in [1.29, 1.82) is 0 Å². The van der Waals surface area contributed by atoms with Gasteiger partial charge in [-0.05, 0) is 64.5 Å². The SMILES string of the molecule is c1ccc(-c2cc(-c3ccccc3)nc(-c3cccc(-c4ccc(-c5cccc6c7cc8c(-c9ccccc9)nc9ccccc9c8cc7n(-c7ccccc7)c56)cc4)c3)n2)cc1. The van der Waals surface area contributed by atoms with Crippen LogP contribution in [-0.2, 0) is 0 Å². The number of para-hydroxylation sites is 3. The van der Waals surface area contributed by atoms with Crippen LogP contribution in [-0.4, -0.2) is 19.5 Å². The average molecular weight is 803 g/mol. The molecule has 0 saturated heterocycles. The maximum Gasteiger partial charge on any atom is 0.160 e. The Kier molecular flexibility index (Phi) is 8.79. The number of hydrogen-bond donors (Lipinski definition) is 0. The zero-order valence-corrected chi connectivity index (χ0v) is 34.2. The molecule has 0 aliphatic rings. The first-order valence-electron chi connectivity index (χ1n) is 21.4. The van der Waals surface area contributed by atoms with Crippen molar-refractivity contribution in [2.24, 2.45) is 0 Å². The molecule has 0 saturated carbocycles. The summed E-state index contributed by atoms with van der Waals surface area (Å²) < 4.78 is 2.45. The van der Waals surface area contributed by atoms with Gasteiger partial charge in [0.05, 0.1) is 33.6 Å². The lowest BCUT2D eigenvalue weighted by atomic mass is 9.96. The van der Waals surface area contributed by atoms with E-state index >= 15 is 0 Å². The molecule has 0 atom stereocenters. The van der Waals surface area contributed by atoms with Gasteiger partial charge < -0.3 is 4.57 Å². The molecule has 12 rings (SSSR count). The first-order chi connectivity index (χ1) is 31.2. The summed E-state index contributed by atoms with van der Waals surface area (Å²) in [5.41, 5.74) is 16.0. The van der Waals surface area contributed by atoms with Crippen LogP contribution in [0.1, 0.15) is 0 Å². The smallest absolute Gasteiger partial charge is 0.160 e. The van der Waals surface area contributed by atoms with E-state index in [0.717, 1.165) is 83.5 Å². The predicted molar refractivity (Wildman–Crippen MR) is 262 cm³/mol. The van der Waals surface area contributed by atoms with Crippen LogP contribution in [0.4, 0.5) is 0 Å². The van der Waals surface area contributed by atoms with Gasteiger partial charge in [0, 0.05) is 55.0 Å². The van der Waals surface area contributed by atoms with E-state index < -0.39 is 0 Å². The van der Waals surface area contributed by atoms with E-state index in [0.29, 0.717) is 5.82 Å². The summed E-state index contributed by atoms with van der Waals surface area (Å²) >= 11 is 0. The third-order valence-electron chi connectivity index (χ3n) is 12.2. The van der Waals surface area contributed by atoms with Crippen molar-refractivity contribution in [2.45, 2.75) is 0 Å². The lowest BCUT2D eigenvalue weighted by Gasteiger charge is -2.13. The molecule has 0 aliphatic carbocycles. The van der Waals surface area contributed by atoms with E-state index in [1.54, 1.807) is 0 Å². The molecule has 4 heteroatoms. The van der Waals surface area contributed by atoms with Crippen molar-refractivity contribution in [2.75, 3.05) is 0 Å². The van der Waals surface area contributed by atoms with E-state index in [1.165, 1.54) is 27.2 Å². The van der Waals surface area contributed by atoms with Crippen LogP contribution in [0, 0.1) is 0 Å². The summed E-state index contributed by atoms with van der Waals surface area (Å²) in [6.45, 7) is 0. The fraction of sp³-hybridized carbons (Fsp3) is 0. The molecule has 3 heterocycles. The largest absolute Gasteiger partial charge is 0.309 e. The van der Waals surface area contributed by atoms with Crippen molar-refractivity contribution in [1.82, 2.24) is 19.5 Å². The van der Waals surface area contributed by atoms with E-state index in [1.807, 2.05) is 36.4 Å². The lowest BCUT2D eigenvalue weighted by Crippen LogP contribution is -1.96. The molecule has 12 aromatic rings. The molecule has 0 unspecified atom stereocenters. The fourth-order valence-corrected chi connectivity index (χ4v) is 9.17. The molecule has 294 valence electrons. The summed E-state index contributed by atoms with van der Waals surface area (Å²) in [6, 6.07) is 81.6. The summed E-state index contributed by atoms with van der Waals surface area (Å²) in [4.78, 5) is 15.5. The Balaban J connectivity index is 0.999. The van der Waals surface area contributed by atoms with E-state index in [2.05, 4.69) is 199 Å². The normalized spacial score (nSPS) is 11.5. The van der Waals surface area contributed by atoms with Crippen molar-refractivity contribution in [3.8, 4) is 73.1 Å². The van der Waals surface area contributed by atoms with Crippen LogP contribution in [0.15, 0.2) is 231 Å². The number of fused-ring (bicyclic) bond motifs is 6. The quantitative estimate of drug-likeness (QED) is 0.151. The Morgan fingerprint density at radius 2 is 0.857 bits per heavy atom. The van der Waals surface area contributed by atoms with Gasteiger partial charge >= 0.3 is 0 Å². The second-order valence-electron chi connectivity index (χ2n) is 16.0. The maximum atomic E-state index is 5.27. The first kappa shape index (κ1) is 36.4. The Bertz CT molecular complexity index is 3580. The zero-order valence-electron chi connectivity index (χ0n) is 34.2. The van der Waals surface area contributed by atoms with Crippen LogP contribution in [0.3, 0.4) is 0 Å². The van der Waals surface area contributed by atoms with Crippen LogP contribution < -0.4 is 0 Å². The monoisotopic (exact) mass is 802 g/mol. The number of aromatic nitrogens is 4. The molecule has 3 aromatic heterocycles. The molecule has 63 heavy (non-hydrogen) atoms. The van der Waals surface area contributed by atoms with Gasteiger partial charge in [0.25, 0.3) is 0 Å². The molecule has 0 amide bonds. The van der Waals surface area contributed by atoms with Crippen LogP contribution in [0.5, 0.6) is 0 Å². The Hall–Kier alpha value is -8.47. The molecule has 0 bridgehead atoms. The van der Waals surface area contributed by atoms with Gasteiger partial charge in [0.15, 0.2) is 5.82 Å². The number of benzene rings is 9. The van der Waals surface area contributed by atoms with Gasteiger partial charge in [-0.25, -0.2) is 15.0 Å². The number of rotatable bonds is 7.